The number of carbonyl (C=O) groups excluding carboxylic acids is 1. The molecule has 1 atom stereocenters. The van der Waals surface area contributed by atoms with Gasteiger partial charge in [0.25, 0.3) is 5.91 Å². The molecule has 2 aromatic carbocycles. The number of carbonyl (C=O) groups is 1. The van der Waals surface area contributed by atoms with Crippen molar-refractivity contribution in [3.8, 4) is 0 Å². The van der Waals surface area contributed by atoms with Crippen molar-refractivity contribution < 1.29 is 13.9 Å². The molecule has 1 aliphatic heterocycles. The summed E-state index contributed by atoms with van der Waals surface area (Å²) < 4.78 is 18.4. The number of anilines is 1. The molecule has 4 heteroatoms. The lowest BCUT2D eigenvalue weighted by molar-refractivity contribution is -0.114. The maximum atomic E-state index is 13.0. The molecule has 3 nitrogen and oxygen atoms in total. The Kier molecular flexibility index (Phi) is 5.39. The molecular weight excluding hydrogens is 305 g/mol. The Balaban J connectivity index is 1.76. The lowest BCUT2D eigenvalue weighted by atomic mass is 10.1. The molecule has 0 saturated carbocycles. The maximum absolute atomic E-state index is 13.0. The third-order valence-electron chi connectivity index (χ3n) is 4.09. The quantitative estimate of drug-likeness (QED) is 0.780. The van der Waals surface area contributed by atoms with Crippen LogP contribution in [0.5, 0.6) is 0 Å². The highest BCUT2D eigenvalue weighted by Gasteiger charge is 2.22. The van der Waals surface area contributed by atoms with Crippen LogP contribution in [-0.4, -0.2) is 25.7 Å². The molecule has 1 fully saturated rings. The van der Waals surface area contributed by atoms with Gasteiger partial charge in [0.2, 0.25) is 0 Å². The second-order valence-electron chi connectivity index (χ2n) is 5.90. The van der Waals surface area contributed by atoms with E-state index in [0.29, 0.717) is 19.1 Å². The van der Waals surface area contributed by atoms with Gasteiger partial charge < -0.3 is 9.64 Å². The van der Waals surface area contributed by atoms with Gasteiger partial charge in [-0.25, -0.2) is 4.39 Å². The summed E-state index contributed by atoms with van der Waals surface area (Å²) in [5, 5.41) is 0. The van der Waals surface area contributed by atoms with E-state index in [9.17, 15) is 9.18 Å². The van der Waals surface area contributed by atoms with Crippen LogP contribution in [0, 0.1) is 11.7 Å². The van der Waals surface area contributed by atoms with E-state index in [2.05, 4.69) is 0 Å². The maximum Gasteiger partial charge on any atom is 0.250 e. The molecule has 0 bridgehead atoms. The monoisotopic (exact) mass is 325 g/mol. The smallest absolute Gasteiger partial charge is 0.250 e. The number of hydrogen-bond acceptors (Lipinski definition) is 2. The Hall–Kier alpha value is -2.46. The molecule has 3 rings (SSSR count). The average Bonchev–Trinajstić information content (AvgIpc) is 3.13. The van der Waals surface area contributed by atoms with E-state index in [1.165, 1.54) is 18.2 Å². The van der Waals surface area contributed by atoms with Gasteiger partial charge >= 0.3 is 0 Å². The number of amides is 1. The fourth-order valence-corrected chi connectivity index (χ4v) is 2.75. The molecule has 0 aliphatic carbocycles. The molecule has 124 valence electrons. The van der Waals surface area contributed by atoms with Crippen molar-refractivity contribution >= 4 is 17.7 Å². The number of para-hydroxylation sites is 1. The van der Waals surface area contributed by atoms with Crippen LogP contribution < -0.4 is 4.90 Å². The van der Waals surface area contributed by atoms with Crippen LogP contribution in [-0.2, 0) is 9.53 Å². The molecule has 1 aliphatic rings. The fraction of sp³-hybridized carbons (Fsp3) is 0.250. The molecule has 0 unspecified atom stereocenters. The second-order valence-corrected chi connectivity index (χ2v) is 5.90. The minimum absolute atomic E-state index is 0.0857. The molecule has 1 saturated heterocycles. The van der Waals surface area contributed by atoms with E-state index in [4.69, 9.17) is 4.74 Å². The highest BCUT2D eigenvalue weighted by Crippen LogP contribution is 2.20. The molecule has 0 radical (unpaired) electrons. The summed E-state index contributed by atoms with van der Waals surface area (Å²) in [6.07, 6.45) is 4.22. The predicted molar refractivity (Wildman–Crippen MR) is 93.2 cm³/mol. The number of hydrogen-bond donors (Lipinski definition) is 0. The lowest BCUT2D eigenvalue weighted by Crippen LogP contribution is -2.34. The molecule has 0 spiro atoms. The number of rotatable bonds is 5. The molecular formula is C20H20FNO2. The van der Waals surface area contributed by atoms with Crippen molar-refractivity contribution in [3.05, 3.63) is 72.1 Å². The van der Waals surface area contributed by atoms with E-state index in [1.54, 1.807) is 23.1 Å². The Bertz CT molecular complexity index is 691. The third-order valence-corrected chi connectivity index (χ3v) is 4.09. The molecule has 1 amide bonds. The van der Waals surface area contributed by atoms with Gasteiger partial charge in [-0.3, -0.25) is 4.79 Å². The molecule has 1 heterocycles. The SMILES string of the molecule is O=C(/C=C/c1ccc(F)cc1)N(C[C@@H]1CCOC1)c1ccccc1. The normalized spacial score (nSPS) is 17.3. The first-order valence-electron chi connectivity index (χ1n) is 8.10. The first kappa shape index (κ1) is 16.4. The van der Waals surface area contributed by atoms with E-state index >= 15 is 0 Å². The lowest BCUT2D eigenvalue weighted by Gasteiger charge is -2.24. The summed E-state index contributed by atoms with van der Waals surface area (Å²) in [5.74, 6) is -0.0172. The Morgan fingerprint density at radius 3 is 2.58 bits per heavy atom. The van der Waals surface area contributed by atoms with Gasteiger partial charge in [0.1, 0.15) is 5.82 Å². The van der Waals surface area contributed by atoms with Crippen LogP contribution in [0.1, 0.15) is 12.0 Å². The van der Waals surface area contributed by atoms with Crippen molar-refractivity contribution in [3.63, 3.8) is 0 Å². The average molecular weight is 325 g/mol. The Labute approximate surface area is 141 Å². The molecule has 24 heavy (non-hydrogen) atoms. The van der Waals surface area contributed by atoms with Crippen LogP contribution in [0.2, 0.25) is 0 Å². The molecule has 0 N–H and O–H groups in total. The van der Waals surface area contributed by atoms with E-state index < -0.39 is 0 Å². The van der Waals surface area contributed by atoms with Crippen molar-refractivity contribution in [2.75, 3.05) is 24.7 Å². The van der Waals surface area contributed by atoms with Gasteiger partial charge in [-0.05, 0) is 42.3 Å². The summed E-state index contributed by atoms with van der Waals surface area (Å²) in [4.78, 5) is 14.5. The summed E-state index contributed by atoms with van der Waals surface area (Å²) in [5.41, 5.74) is 1.67. The van der Waals surface area contributed by atoms with Gasteiger partial charge in [0.15, 0.2) is 0 Å². The van der Waals surface area contributed by atoms with Crippen molar-refractivity contribution in [2.24, 2.45) is 5.92 Å². The summed E-state index contributed by atoms with van der Waals surface area (Å²) in [6.45, 7) is 2.09. The first-order valence-corrected chi connectivity index (χ1v) is 8.10. The zero-order valence-electron chi connectivity index (χ0n) is 13.4. The van der Waals surface area contributed by atoms with Crippen LogP contribution in [0.3, 0.4) is 0 Å². The van der Waals surface area contributed by atoms with Crippen molar-refractivity contribution in [1.29, 1.82) is 0 Å². The van der Waals surface area contributed by atoms with Gasteiger partial charge in [-0.1, -0.05) is 30.3 Å². The van der Waals surface area contributed by atoms with Gasteiger partial charge in [-0.2, -0.15) is 0 Å². The summed E-state index contributed by atoms with van der Waals surface area (Å²) in [7, 11) is 0. The minimum Gasteiger partial charge on any atom is -0.381 e. The Morgan fingerprint density at radius 2 is 1.92 bits per heavy atom. The van der Waals surface area contributed by atoms with Crippen molar-refractivity contribution in [2.45, 2.75) is 6.42 Å². The van der Waals surface area contributed by atoms with Crippen LogP contribution in [0.4, 0.5) is 10.1 Å². The van der Waals surface area contributed by atoms with Crippen molar-refractivity contribution in [1.82, 2.24) is 0 Å². The number of halogens is 1. The number of benzene rings is 2. The van der Waals surface area contributed by atoms with Gasteiger partial charge in [0.05, 0.1) is 6.61 Å². The standard InChI is InChI=1S/C20H20FNO2/c21-18-9-6-16(7-10-18)8-11-20(23)22(14-17-12-13-24-15-17)19-4-2-1-3-5-19/h1-11,17H,12-15H2/b11-8+/t17-/m0/s1. The zero-order chi connectivity index (χ0) is 16.8. The molecule has 0 aromatic heterocycles. The van der Waals surface area contributed by atoms with Crippen LogP contribution >= 0.6 is 0 Å². The highest BCUT2D eigenvalue weighted by atomic mass is 19.1. The fourth-order valence-electron chi connectivity index (χ4n) is 2.75. The van der Waals surface area contributed by atoms with Gasteiger partial charge in [0, 0.05) is 30.8 Å². The van der Waals surface area contributed by atoms with Gasteiger partial charge in [-0.15, -0.1) is 0 Å². The van der Waals surface area contributed by atoms with Crippen LogP contribution in [0.25, 0.3) is 6.08 Å². The largest absolute Gasteiger partial charge is 0.381 e. The van der Waals surface area contributed by atoms with Crippen LogP contribution in [0.15, 0.2) is 60.7 Å². The topological polar surface area (TPSA) is 29.5 Å². The first-order chi connectivity index (χ1) is 11.7. The number of ether oxygens (including phenoxy) is 1. The predicted octanol–water partition coefficient (Wildman–Crippen LogP) is 3.91. The summed E-state index contributed by atoms with van der Waals surface area (Å²) >= 11 is 0. The van der Waals surface area contributed by atoms with E-state index in [0.717, 1.165) is 24.3 Å². The highest BCUT2D eigenvalue weighted by molar-refractivity contribution is 6.03. The molecule has 2 aromatic rings. The Morgan fingerprint density at radius 1 is 1.17 bits per heavy atom. The third kappa shape index (κ3) is 4.30. The number of nitrogens with zero attached hydrogens (tertiary/aromatic N) is 1. The zero-order valence-corrected chi connectivity index (χ0v) is 13.4. The summed E-state index contributed by atoms with van der Waals surface area (Å²) in [6, 6.07) is 15.7. The minimum atomic E-state index is -0.286. The van der Waals surface area contributed by atoms with E-state index in [-0.39, 0.29) is 11.7 Å². The van der Waals surface area contributed by atoms with E-state index in [1.807, 2.05) is 30.3 Å². The second kappa shape index (κ2) is 7.88.